The van der Waals surface area contributed by atoms with Gasteiger partial charge in [-0.3, -0.25) is 4.90 Å². The molecule has 0 saturated carbocycles. The number of rotatable bonds is 4. The van der Waals surface area contributed by atoms with Gasteiger partial charge in [-0.2, -0.15) is 4.31 Å². The number of halogens is 3. The number of benzene rings is 2. The van der Waals surface area contributed by atoms with Crippen LogP contribution in [0.5, 0.6) is 0 Å². The van der Waals surface area contributed by atoms with Crippen LogP contribution in [0, 0.1) is 11.6 Å². The Bertz CT molecular complexity index is 883. The van der Waals surface area contributed by atoms with E-state index in [1.54, 1.807) is 12.1 Å². The number of nitrogens with zero attached hydrogens (tertiary/aromatic N) is 2. The van der Waals surface area contributed by atoms with Crippen molar-refractivity contribution in [3.8, 4) is 0 Å². The van der Waals surface area contributed by atoms with Crippen LogP contribution >= 0.6 is 11.6 Å². The molecule has 2 aromatic rings. The highest BCUT2D eigenvalue weighted by atomic mass is 35.5. The molecule has 0 amide bonds. The van der Waals surface area contributed by atoms with E-state index in [9.17, 15) is 17.2 Å². The van der Waals surface area contributed by atoms with E-state index in [1.165, 1.54) is 28.6 Å². The SMILES string of the molecule is CC(c1ccc(F)cc1F)N1CCN(S(=O)(=O)c2ccc(Cl)cc2)CC1. The maximum atomic E-state index is 14.0. The highest BCUT2D eigenvalue weighted by molar-refractivity contribution is 7.89. The molecule has 1 heterocycles. The summed E-state index contributed by atoms with van der Waals surface area (Å²) in [5, 5.41) is 0.476. The first-order chi connectivity index (χ1) is 12.3. The average molecular weight is 401 g/mol. The molecule has 3 rings (SSSR count). The van der Waals surface area contributed by atoms with E-state index in [4.69, 9.17) is 11.6 Å². The molecule has 0 aliphatic carbocycles. The van der Waals surface area contributed by atoms with Crippen LogP contribution in [0.3, 0.4) is 0 Å². The van der Waals surface area contributed by atoms with E-state index in [0.717, 1.165) is 6.07 Å². The molecule has 0 spiro atoms. The second-order valence-corrected chi connectivity index (χ2v) is 8.61. The molecule has 0 N–H and O–H groups in total. The first-order valence-corrected chi connectivity index (χ1v) is 10.1. The first-order valence-electron chi connectivity index (χ1n) is 8.24. The first kappa shape index (κ1) is 19.2. The molecular formula is C18H19ClF2N2O2S. The van der Waals surface area contributed by atoms with Crippen molar-refractivity contribution in [2.24, 2.45) is 0 Å². The lowest BCUT2D eigenvalue weighted by molar-refractivity contribution is 0.143. The van der Waals surface area contributed by atoms with Gasteiger partial charge >= 0.3 is 0 Å². The highest BCUT2D eigenvalue weighted by Crippen LogP contribution is 2.26. The minimum absolute atomic E-state index is 0.202. The van der Waals surface area contributed by atoms with Crippen molar-refractivity contribution in [1.82, 2.24) is 9.21 Å². The summed E-state index contributed by atoms with van der Waals surface area (Å²) in [5.74, 6) is -1.20. The third-order valence-electron chi connectivity index (χ3n) is 4.68. The lowest BCUT2D eigenvalue weighted by atomic mass is 10.1. The van der Waals surface area contributed by atoms with Crippen molar-refractivity contribution in [2.45, 2.75) is 17.9 Å². The second kappa shape index (κ2) is 7.60. The maximum Gasteiger partial charge on any atom is 0.243 e. The molecule has 0 bridgehead atoms. The lowest BCUT2D eigenvalue weighted by Gasteiger charge is -2.37. The molecule has 0 aromatic heterocycles. The molecule has 1 unspecified atom stereocenters. The fourth-order valence-corrected chi connectivity index (χ4v) is 4.67. The summed E-state index contributed by atoms with van der Waals surface area (Å²) < 4.78 is 53.9. The molecule has 1 atom stereocenters. The summed E-state index contributed by atoms with van der Waals surface area (Å²) in [4.78, 5) is 2.19. The smallest absolute Gasteiger partial charge is 0.243 e. The fraction of sp³-hybridized carbons (Fsp3) is 0.333. The van der Waals surface area contributed by atoms with Crippen molar-refractivity contribution >= 4 is 21.6 Å². The van der Waals surface area contributed by atoms with Gasteiger partial charge < -0.3 is 0 Å². The van der Waals surface area contributed by atoms with Crippen LogP contribution in [0.15, 0.2) is 47.4 Å². The van der Waals surface area contributed by atoms with E-state index in [0.29, 0.717) is 36.8 Å². The third kappa shape index (κ3) is 3.91. The van der Waals surface area contributed by atoms with Crippen LogP contribution in [0.2, 0.25) is 5.02 Å². The number of piperazine rings is 1. The zero-order valence-electron chi connectivity index (χ0n) is 14.2. The van der Waals surface area contributed by atoms with Crippen molar-refractivity contribution in [3.63, 3.8) is 0 Å². The fourth-order valence-electron chi connectivity index (χ4n) is 3.12. The van der Waals surface area contributed by atoms with Crippen molar-refractivity contribution in [2.75, 3.05) is 26.2 Å². The van der Waals surface area contributed by atoms with Crippen LogP contribution < -0.4 is 0 Å². The van der Waals surface area contributed by atoms with Crippen LogP contribution in [0.25, 0.3) is 0 Å². The van der Waals surface area contributed by atoms with Gasteiger partial charge in [0.1, 0.15) is 11.6 Å². The van der Waals surface area contributed by atoms with Gasteiger partial charge in [-0.25, -0.2) is 17.2 Å². The van der Waals surface area contributed by atoms with Gasteiger partial charge in [0.15, 0.2) is 0 Å². The molecule has 0 radical (unpaired) electrons. The average Bonchev–Trinajstić information content (AvgIpc) is 2.62. The summed E-state index contributed by atoms with van der Waals surface area (Å²) in [5.41, 5.74) is 0.403. The van der Waals surface area contributed by atoms with Crippen LogP contribution in [0.4, 0.5) is 8.78 Å². The minimum atomic E-state index is -3.58. The molecule has 4 nitrogen and oxygen atoms in total. The molecule has 1 fully saturated rings. The van der Waals surface area contributed by atoms with E-state index < -0.39 is 21.7 Å². The van der Waals surface area contributed by atoms with Gasteiger partial charge in [0.25, 0.3) is 0 Å². The molecular weight excluding hydrogens is 382 g/mol. The second-order valence-electron chi connectivity index (χ2n) is 6.24. The van der Waals surface area contributed by atoms with Crippen molar-refractivity contribution < 1.29 is 17.2 Å². The van der Waals surface area contributed by atoms with Crippen molar-refractivity contribution in [1.29, 1.82) is 0 Å². The number of hydrogen-bond acceptors (Lipinski definition) is 3. The van der Waals surface area contributed by atoms with Gasteiger partial charge in [0, 0.05) is 48.9 Å². The van der Waals surface area contributed by atoms with Gasteiger partial charge in [-0.15, -0.1) is 0 Å². The molecule has 140 valence electrons. The summed E-state index contributed by atoms with van der Waals surface area (Å²) in [7, 11) is -3.58. The monoisotopic (exact) mass is 400 g/mol. The lowest BCUT2D eigenvalue weighted by Crippen LogP contribution is -2.49. The summed E-state index contributed by atoms with van der Waals surface area (Å²) in [6, 6.07) is 9.33. The standard InChI is InChI=1S/C18H19ClF2N2O2S/c1-13(17-7-4-15(20)12-18(17)21)22-8-10-23(11-9-22)26(24,25)16-5-2-14(19)3-6-16/h2-7,12-13H,8-11H2,1H3. The Morgan fingerprint density at radius 1 is 1.00 bits per heavy atom. The largest absolute Gasteiger partial charge is 0.294 e. The highest BCUT2D eigenvalue weighted by Gasteiger charge is 2.30. The Kier molecular flexibility index (Phi) is 5.62. The van der Waals surface area contributed by atoms with Gasteiger partial charge in [-0.1, -0.05) is 17.7 Å². The molecule has 1 aliphatic rings. The number of hydrogen-bond donors (Lipinski definition) is 0. The van der Waals surface area contributed by atoms with E-state index in [2.05, 4.69) is 0 Å². The topological polar surface area (TPSA) is 40.6 Å². The van der Waals surface area contributed by atoms with Gasteiger partial charge in [-0.05, 0) is 37.3 Å². The summed E-state index contributed by atoms with van der Waals surface area (Å²) in [6.45, 7) is 3.37. The Hall–Kier alpha value is -1.54. The summed E-state index contributed by atoms with van der Waals surface area (Å²) >= 11 is 5.81. The Labute approximate surface area is 157 Å². The van der Waals surface area contributed by atoms with Crippen LogP contribution in [-0.4, -0.2) is 43.8 Å². The minimum Gasteiger partial charge on any atom is -0.294 e. The van der Waals surface area contributed by atoms with E-state index in [1.807, 2.05) is 11.8 Å². The Balaban J connectivity index is 1.69. The third-order valence-corrected chi connectivity index (χ3v) is 6.85. The Morgan fingerprint density at radius 3 is 2.19 bits per heavy atom. The molecule has 26 heavy (non-hydrogen) atoms. The number of sulfonamides is 1. The van der Waals surface area contributed by atoms with Gasteiger partial charge in [0.2, 0.25) is 10.0 Å². The molecule has 2 aromatic carbocycles. The Morgan fingerprint density at radius 2 is 1.62 bits per heavy atom. The molecule has 1 saturated heterocycles. The van der Waals surface area contributed by atoms with Crippen LogP contribution in [-0.2, 0) is 10.0 Å². The van der Waals surface area contributed by atoms with E-state index in [-0.39, 0.29) is 10.9 Å². The normalized spacial score (nSPS) is 18.0. The zero-order valence-corrected chi connectivity index (χ0v) is 15.8. The van der Waals surface area contributed by atoms with Gasteiger partial charge in [0.05, 0.1) is 4.90 Å². The van der Waals surface area contributed by atoms with Crippen LogP contribution in [0.1, 0.15) is 18.5 Å². The van der Waals surface area contributed by atoms with Crippen molar-refractivity contribution in [3.05, 3.63) is 64.7 Å². The molecule has 8 heteroatoms. The quantitative estimate of drug-likeness (QED) is 0.786. The van der Waals surface area contributed by atoms with E-state index >= 15 is 0 Å². The summed E-state index contributed by atoms with van der Waals surface area (Å²) in [6.07, 6.45) is 0. The maximum absolute atomic E-state index is 14.0. The zero-order chi connectivity index (χ0) is 18.9. The predicted octanol–water partition coefficient (Wildman–Crippen LogP) is 3.69. The molecule has 1 aliphatic heterocycles. The predicted molar refractivity (Wildman–Crippen MR) is 96.6 cm³/mol.